The summed E-state index contributed by atoms with van der Waals surface area (Å²) >= 11 is 1.35. The highest BCUT2D eigenvalue weighted by Crippen LogP contribution is 2.25. The van der Waals surface area contributed by atoms with Crippen LogP contribution in [0.2, 0.25) is 0 Å². The summed E-state index contributed by atoms with van der Waals surface area (Å²) < 4.78 is 13.9. The molecule has 0 radical (unpaired) electrons. The van der Waals surface area contributed by atoms with Crippen LogP contribution < -0.4 is 0 Å². The van der Waals surface area contributed by atoms with E-state index in [1.807, 2.05) is 35.7 Å². The molecule has 1 aromatic heterocycles. The van der Waals surface area contributed by atoms with Crippen LogP contribution in [0.3, 0.4) is 0 Å². The number of hydrogen-bond acceptors (Lipinski definition) is 2. The van der Waals surface area contributed by atoms with Crippen molar-refractivity contribution >= 4 is 23.2 Å². The van der Waals surface area contributed by atoms with E-state index in [1.165, 1.54) is 17.4 Å². The van der Waals surface area contributed by atoms with Gasteiger partial charge in [0.15, 0.2) is 10.8 Å². The monoisotopic (exact) mass is 247 g/mol. The standard InChI is InChI=1S/C14H14FNS/c1-10(2)13-9-17-14(16-13)12(15)8-11-6-4-3-5-7-11/h3-10H,1-2H3. The smallest absolute Gasteiger partial charge is 0.159 e. The average molecular weight is 247 g/mol. The van der Waals surface area contributed by atoms with Crippen molar-refractivity contribution in [1.29, 1.82) is 0 Å². The third-order valence-corrected chi connectivity index (χ3v) is 3.28. The first-order valence-electron chi connectivity index (χ1n) is 5.55. The van der Waals surface area contributed by atoms with Gasteiger partial charge in [0.25, 0.3) is 0 Å². The van der Waals surface area contributed by atoms with E-state index in [4.69, 9.17) is 0 Å². The zero-order chi connectivity index (χ0) is 12.3. The molecule has 0 spiro atoms. The Morgan fingerprint density at radius 2 is 2.00 bits per heavy atom. The van der Waals surface area contributed by atoms with Crippen molar-refractivity contribution in [3.63, 3.8) is 0 Å². The van der Waals surface area contributed by atoms with Gasteiger partial charge in [-0.3, -0.25) is 0 Å². The van der Waals surface area contributed by atoms with Crippen LogP contribution in [0.4, 0.5) is 4.39 Å². The Hall–Kier alpha value is -1.48. The molecule has 17 heavy (non-hydrogen) atoms. The summed E-state index contributed by atoms with van der Waals surface area (Å²) in [6, 6.07) is 9.43. The van der Waals surface area contributed by atoms with Gasteiger partial charge in [0.2, 0.25) is 0 Å². The molecule has 0 N–H and O–H groups in total. The second-order valence-electron chi connectivity index (χ2n) is 4.14. The Balaban J connectivity index is 2.24. The van der Waals surface area contributed by atoms with Crippen molar-refractivity contribution in [2.45, 2.75) is 19.8 Å². The summed E-state index contributed by atoms with van der Waals surface area (Å²) in [6.07, 6.45) is 1.52. The Labute approximate surface area is 105 Å². The van der Waals surface area contributed by atoms with E-state index in [0.29, 0.717) is 10.9 Å². The number of halogens is 1. The predicted octanol–water partition coefficient (Wildman–Crippen LogP) is 4.73. The van der Waals surface area contributed by atoms with Crippen LogP contribution in [0, 0.1) is 0 Å². The predicted molar refractivity (Wildman–Crippen MR) is 71.6 cm³/mol. The zero-order valence-electron chi connectivity index (χ0n) is 9.85. The van der Waals surface area contributed by atoms with Crippen LogP contribution in [0.5, 0.6) is 0 Å². The molecule has 1 heterocycles. The molecule has 0 amide bonds. The SMILES string of the molecule is CC(C)c1csc(C(F)=Cc2ccccc2)n1. The van der Waals surface area contributed by atoms with Crippen molar-refractivity contribution in [3.8, 4) is 0 Å². The number of nitrogens with zero attached hydrogens (tertiary/aromatic N) is 1. The maximum absolute atomic E-state index is 13.9. The number of benzene rings is 1. The summed E-state index contributed by atoms with van der Waals surface area (Å²) in [5.74, 6) is 0.0672. The second-order valence-corrected chi connectivity index (χ2v) is 4.99. The molecule has 3 heteroatoms. The van der Waals surface area contributed by atoms with Crippen LogP contribution >= 0.6 is 11.3 Å². The van der Waals surface area contributed by atoms with Crippen LogP contribution in [0.1, 0.15) is 36.0 Å². The van der Waals surface area contributed by atoms with Crippen LogP contribution in [-0.2, 0) is 0 Å². The van der Waals surface area contributed by atoms with Gasteiger partial charge in [0, 0.05) is 5.38 Å². The molecule has 0 atom stereocenters. The Kier molecular flexibility index (Phi) is 3.69. The minimum atomic E-state index is -0.270. The van der Waals surface area contributed by atoms with Gasteiger partial charge in [0.05, 0.1) is 5.69 Å². The van der Waals surface area contributed by atoms with Gasteiger partial charge >= 0.3 is 0 Å². The fraction of sp³-hybridized carbons (Fsp3) is 0.214. The first-order valence-corrected chi connectivity index (χ1v) is 6.43. The van der Waals surface area contributed by atoms with Crippen LogP contribution in [0.15, 0.2) is 35.7 Å². The molecule has 0 aliphatic carbocycles. The lowest BCUT2D eigenvalue weighted by atomic mass is 10.2. The van der Waals surface area contributed by atoms with Gasteiger partial charge < -0.3 is 0 Å². The molecule has 0 saturated carbocycles. The largest absolute Gasteiger partial charge is 0.238 e. The Bertz CT molecular complexity index is 514. The lowest BCUT2D eigenvalue weighted by Crippen LogP contribution is -1.87. The molecule has 0 saturated heterocycles. The van der Waals surface area contributed by atoms with Crippen LogP contribution in [0.25, 0.3) is 11.9 Å². The molecule has 2 aromatic rings. The number of aromatic nitrogens is 1. The van der Waals surface area contributed by atoms with Crippen molar-refractivity contribution in [2.75, 3.05) is 0 Å². The van der Waals surface area contributed by atoms with E-state index >= 15 is 0 Å². The van der Waals surface area contributed by atoms with Gasteiger partial charge in [-0.15, -0.1) is 11.3 Å². The lowest BCUT2D eigenvalue weighted by Gasteiger charge is -1.97. The fourth-order valence-corrected chi connectivity index (χ4v) is 2.31. The van der Waals surface area contributed by atoms with E-state index in [-0.39, 0.29) is 5.83 Å². The van der Waals surface area contributed by atoms with E-state index < -0.39 is 0 Å². The summed E-state index contributed by atoms with van der Waals surface area (Å²) in [5.41, 5.74) is 1.80. The maximum Gasteiger partial charge on any atom is 0.159 e. The van der Waals surface area contributed by atoms with Crippen LogP contribution in [-0.4, -0.2) is 4.98 Å². The molecular weight excluding hydrogens is 233 g/mol. The number of thiazole rings is 1. The topological polar surface area (TPSA) is 12.9 Å². The van der Waals surface area contributed by atoms with Crippen molar-refractivity contribution in [2.24, 2.45) is 0 Å². The summed E-state index contributed by atoms with van der Waals surface area (Å²) in [6.45, 7) is 4.11. The summed E-state index contributed by atoms with van der Waals surface area (Å²) in [7, 11) is 0. The molecule has 1 nitrogen and oxygen atoms in total. The van der Waals surface area contributed by atoms with Gasteiger partial charge in [0.1, 0.15) is 0 Å². The molecule has 0 aliphatic heterocycles. The number of hydrogen-bond donors (Lipinski definition) is 0. The lowest BCUT2D eigenvalue weighted by molar-refractivity contribution is 0.757. The Morgan fingerprint density at radius 3 is 2.59 bits per heavy atom. The van der Waals surface area contributed by atoms with E-state index in [1.54, 1.807) is 0 Å². The van der Waals surface area contributed by atoms with E-state index in [9.17, 15) is 4.39 Å². The summed E-state index contributed by atoms with van der Waals surface area (Å²) in [4.78, 5) is 4.28. The highest BCUT2D eigenvalue weighted by Gasteiger charge is 2.09. The molecule has 0 fully saturated rings. The minimum Gasteiger partial charge on any atom is -0.238 e. The Morgan fingerprint density at radius 1 is 1.29 bits per heavy atom. The number of rotatable bonds is 3. The van der Waals surface area contributed by atoms with Crippen molar-refractivity contribution in [1.82, 2.24) is 4.98 Å². The molecule has 88 valence electrons. The molecule has 0 aliphatic rings. The third kappa shape index (κ3) is 3.01. The van der Waals surface area contributed by atoms with Gasteiger partial charge in [-0.25, -0.2) is 9.37 Å². The van der Waals surface area contributed by atoms with Gasteiger partial charge in [-0.1, -0.05) is 44.2 Å². The molecule has 1 aromatic carbocycles. The summed E-state index contributed by atoms with van der Waals surface area (Å²) in [5, 5.41) is 2.37. The van der Waals surface area contributed by atoms with E-state index in [0.717, 1.165) is 11.3 Å². The van der Waals surface area contributed by atoms with Crippen molar-refractivity contribution in [3.05, 3.63) is 52.0 Å². The van der Waals surface area contributed by atoms with Gasteiger partial charge in [-0.2, -0.15) is 0 Å². The zero-order valence-corrected chi connectivity index (χ0v) is 10.7. The van der Waals surface area contributed by atoms with E-state index in [2.05, 4.69) is 18.8 Å². The molecule has 0 unspecified atom stereocenters. The second kappa shape index (κ2) is 5.23. The van der Waals surface area contributed by atoms with Gasteiger partial charge in [-0.05, 0) is 17.6 Å². The third-order valence-electron chi connectivity index (χ3n) is 2.41. The minimum absolute atomic E-state index is 0.270. The fourth-order valence-electron chi connectivity index (χ4n) is 1.42. The quantitative estimate of drug-likeness (QED) is 0.763. The molecular formula is C14H14FNS. The molecule has 0 bridgehead atoms. The van der Waals surface area contributed by atoms with Crippen molar-refractivity contribution < 1.29 is 4.39 Å². The highest BCUT2D eigenvalue weighted by molar-refractivity contribution is 7.10. The normalized spacial score (nSPS) is 12.1. The first kappa shape index (κ1) is 12.0. The average Bonchev–Trinajstić information content (AvgIpc) is 2.79. The highest BCUT2D eigenvalue weighted by atomic mass is 32.1. The maximum atomic E-state index is 13.9. The first-order chi connectivity index (χ1) is 8.16. The molecule has 2 rings (SSSR count).